The van der Waals surface area contributed by atoms with E-state index in [2.05, 4.69) is 24.1 Å². The number of aryl methyl sites for hydroxylation is 1. The van der Waals surface area contributed by atoms with Gasteiger partial charge in [0.05, 0.1) is 0 Å². The van der Waals surface area contributed by atoms with E-state index in [0.29, 0.717) is 12.0 Å². The van der Waals surface area contributed by atoms with Gasteiger partial charge in [0.2, 0.25) is 11.8 Å². The lowest BCUT2D eigenvalue weighted by Crippen LogP contribution is -2.56. The molecule has 7 heteroatoms. The third-order valence-corrected chi connectivity index (χ3v) is 5.52. The number of hydrogen-bond donors (Lipinski definition) is 2. The van der Waals surface area contributed by atoms with Crippen LogP contribution in [-0.4, -0.2) is 46.5 Å². The maximum absolute atomic E-state index is 14.0. The van der Waals surface area contributed by atoms with Gasteiger partial charge < -0.3 is 20.3 Å². The first kappa shape index (κ1) is 30.2. The molecule has 3 atom stereocenters. The number of carbonyl (C=O) groups is 3. The maximum Gasteiger partial charge on any atom is 0.408 e. The zero-order chi connectivity index (χ0) is 27.0. The van der Waals surface area contributed by atoms with Crippen LogP contribution in [0.4, 0.5) is 4.79 Å². The summed E-state index contributed by atoms with van der Waals surface area (Å²) in [5.74, 6) is -0.841. The Bertz CT molecular complexity index is 866. The molecule has 0 aliphatic rings. The van der Waals surface area contributed by atoms with Gasteiger partial charge in [-0.3, -0.25) is 9.59 Å². The Kier molecular flexibility index (Phi) is 11.0. The second-order valence-electron chi connectivity index (χ2n) is 11.0. The summed E-state index contributed by atoms with van der Waals surface area (Å²) >= 11 is 0. The second-order valence-corrected chi connectivity index (χ2v) is 11.0. The standard InChI is InChI=1S/C28H45N3O4/c1-11-18-31(25(33)22(19(4)12-2)29-26(34)35-28(8,9)10)23(24(32)30-27(5,6)7)21-16-14-20(13-3)15-17-21/h11,14-17,19,22-23H,1,12-13,18H2,2-10H3,(H,29,34)(H,30,32). The van der Waals surface area contributed by atoms with Crippen molar-refractivity contribution in [2.75, 3.05) is 6.54 Å². The molecule has 0 fully saturated rings. The van der Waals surface area contributed by atoms with E-state index >= 15 is 0 Å². The Morgan fingerprint density at radius 1 is 1.06 bits per heavy atom. The molecule has 0 saturated heterocycles. The summed E-state index contributed by atoms with van der Waals surface area (Å²) in [4.78, 5) is 41.6. The molecule has 0 saturated carbocycles. The predicted molar refractivity (Wildman–Crippen MR) is 141 cm³/mol. The van der Waals surface area contributed by atoms with E-state index in [9.17, 15) is 14.4 Å². The Morgan fingerprint density at radius 2 is 1.63 bits per heavy atom. The zero-order valence-corrected chi connectivity index (χ0v) is 23.0. The number of benzene rings is 1. The fourth-order valence-electron chi connectivity index (χ4n) is 3.60. The highest BCUT2D eigenvalue weighted by Gasteiger charge is 2.38. The summed E-state index contributed by atoms with van der Waals surface area (Å²) in [7, 11) is 0. The summed E-state index contributed by atoms with van der Waals surface area (Å²) in [5, 5.41) is 5.77. The molecule has 1 aromatic rings. The number of amides is 3. The molecule has 2 N–H and O–H groups in total. The van der Waals surface area contributed by atoms with Crippen molar-refractivity contribution in [3.05, 3.63) is 48.0 Å². The Morgan fingerprint density at radius 3 is 2.06 bits per heavy atom. The van der Waals surface area contributed by atoms with Crippen molar-refractivity contribution in [2.24, 2.45) is 5.92 Å². The van der Waals surface area contributed by atoms with Crippen molar-refractivity contribution in [1.29, 1.82) is 0 Å². The first-order chi connectivity index (χ1) is 16.1. The van der Waals surface area contributed by atoms with Gasteiger partial charge in [-0.05, 0) is 65.0 Å². The summed E-state index contributed by atoms with van der Waals surface area (Å²) < 4.78 is 5.42. The fraction of sp³-hybridized carbons (Fsp3) is 0.607. The van der Waals surface area contributed by atoms with Crippen LogP contribution in [0.5, 0.6) is 0 Å². The van der Waals surface area contributed by atoms with Crippen LogP contribution >= 0.6 is 0 Å². The molecular weight excluding hydrogens is 442 g/mol. The third-order valence-electron chi connectivity index (χ3n) is 5.52. The third kappa shape index (κ3) is 9.74. The van der Waals surface area contributed by atoms with Crippen molar-refractivity contribution in [2.45, 2.75) is 98.4 Å². The molecule has 0 radical (unpaired) electrons. The van der Waals surface area contributed by atoms with E-state index < -0.39 is 29.3 Å². The van der Waals surface area contributed by atoms with Gasteiger partial charge in [-0.2, -0.15) is 0 Å². The van der Waals surface area contributed by atoms with E-state index in [1.165, 1.54) is 4.90 Å². The van der Waals surface area contributed by atoms with Gasteiger partial charge in [0.1, 0.15) is 17.7 Å². The van der Waals surface area contributed by atoms with Crippen LogP contribution in [-0.2, 0) is 20.7 Å². The highest BCUT2D eigenvalue weighted by molar-refractivity contribution is 5.92. The van der Waals surface area contributed by atoms with E-state index in [1.54, 1.807) is 26.8 Å². The molecule has 7 nitrogen and oxygen atoms in total. The lowest BCUT2D eigenvalue weighted by molar-refractivity contribution is -0.143. The molecule has 1 aromatic carbocycles. The summed E-state index contributed by atoms with van der Waals surface area (Å²) in [5.41, 5.74) is 0.630. The smallest absolute Gasteiger partial charge is 0.408 e. The summed E-state index contributed by atoms with van der Waals surface area (Å²) in [6.07, 6.45) is 2.44. The number of rotatable bonds is 10. The average molecular weight is 488 g/mol. The van der Waals surface area contributed by atoms with Gasteiger partial charge in [-0.25, -0.2) is 4.79 Å². The molecular formula is C28H45N3O4. The SMILES string of the molecule is C=CCN(C(=O)C(NC(=O)OC(C)(C)C)C(C)CC)C(C(=O)NC(C)(C)C)c1ccc(CC)cc1. The fourth-order valence-corrected chi connectivity index (χ4v) is 3.60. The van der Waals surface area contributed by atoms with Gasteiger partial charge in [-0.1, -0.05) is 57.5 Å². The normalized spacial score (nSPS) is 14.3. The first-order valence-electron chi connectivity index (χ1n) is 12.4. The van der Waals surface area contributed by atoms with Crippen LogP contribution in [0.1, 0.15) is 85.9 Å². The summed E-state index contributed by atoms with van der Waals surface area (Å²) in [6, 6.07) is 5.94. The molecule has 35 heavy (non-hydrogen) atoms. The lowest BCUT2D eigenvalue weighted by Gasteiger charge is -2.36. The molecule has 0 heterocycles. The van der Waals surface area contributed by atoms with Crippen LogP contribution < -0.4 is 10.6 Å². The van der Waals surface area contributed by atoms with Crippen molar-refractivity contribution in [3.63, 3.8) is 0 Å². The number of hydrogen-bond acceptors (Lipinski definition) is 4. The largest absolute Gasteiger partial charge is 0.444 e. The van der Waals surface area contributed by atoms with Crippen molar-refractivity contribution in [3.8, 4) is 0 Å². The molecule has 196 valence electrons. The molecule has 3 amide bonds. The minimum Gasteiger partial charge on any atom is -0.444 e. The van der Waals surface area contributed by atoms with Gasteiger partial charge in [-0.15, -0.1) is 6.58 Å². The van der Waals surface area contributed by atoms with Crippen molar-refractivity contribution < 1.29 is 19.1 Å². The van der Waals surface area contributed by atoms with Crippen molar-refractivity contribution in [1.82, 2.24) is 15.5 Å². The van der Waals surface area contributed by atoms with Crippen molar-refractivity contribution >= 4 is 17.9 Å². The van der Waals surface area contributed by atoms with Gasteiger partial charge in [0.15, 0.2) is 0 Å². The second kappa shape index (κ2) is 12.8. The maximum atomic E-state index is 14.0. The van der Waals surface area contributed by atoms with Crippen LogP contribution in [0, 0.1) is 5.92 Å². The number of alkyl carbamates (subject to hydrolysis) is 1. The number of carbonyl (C=O) groups excluding carboxylic acids is 3. The highest BCUT2D eigenvalue weighted by Crippen LogP contribution is 2.26. The molecule has 0 spiro atoms. The number of ether oxygens (including phenoxy) is 1. The van der Waals surface area contributed by atoms with Crippen LogP contribution in [0.3, 0.4) is 0 Å². The molecule has 0 bridgehead atoms. The van der Waals surface area contributed by atoms with Gasteiger partial charge in [0.25, 0.3) is 0 Å². The minimum atomic E-state index is -0.891. The number of nitrogens with zero attached hydrogens (tertiary/aromatic N) is 1. The molecule has 0 aromatic heterocycles. The van der Waals surface area contributed by atoms with Gasteiger partial charge in [0, 0.05) is 12.1 Å². The van der Waals surface area contributed by atoms with Gasteiger partial charge >= 0.3 is 6.09 Å². The molecule has 1 rings (SSSR count). The predicted octanol–water partition coefficient (Wildman–Crippen LogP) is 5.16. The first-order valence-corrected chi connectivity index (χ1v) is 12.4. The molecule has 3 unspecified atom stereocenters. The summed E-state index contributed by atoms with van der Waals surface area (Å²) in [6.45, 7) is 20.9. The minimum absolute atomic E-state index is 0.138. The molecule has 0 aliphatic heterocycles. The number of nitrogens with one attached hydrogen (secondary N) is 2. The quantitative estimate of drug-likeness (QED) is 0.446. The van der Waals surface area contributed by atoms with E-state index in [0.717, 1.165) is 12.0 Å². The Hall–Kier alpha value is -2.83. The van der Waals surface area contributed by atoms with Crippen LogP contribution in [0.15, 0.2) is 36.9 Å². The topological polar surface area (TPSA) is 87.7 Å². The average Bonchev–Trinajstić information content (AvgIpc) is 2.74. The Labute approximate surface area is 211 Å². The lowest BCUT2D eigenvalue weighted by atomic mass is 9.95. The monoisotopic (exact) mass is 487 g/mol. The van der Waals surface area contributed by atoms with Crippen LogP contribution in [0.2, 0.25) is 0 Å². The van der Waals surface area contributed by atoms with E-state index in [4.69, 9.17) is 4.74 Å². The van der Waals surface area contributed by atoms with E-state index in [-0.39, 0.29) is 24.3 Å². The Balaban J connectivity index is 3.50. The van der Waals surface area contributed by atoms with Crippen LogP contribution in [0.25, 0.3) is 0 Å². The molecule has 0 aliphatic carbocycles. The zero-order valence-electron chi connectivity index (χ0n) is 23.0. The highest BCUT2D eigenvalue weighted by atomic mass is 16.6. The van der Waals surface area contributed by atoms with E-state index in [1.807, 2.05) is 58.9 Å².